The fourth-order valence-electron chi connectivity index (χ4n) is 2.38. The molecule has 0 saturated carbocycles. The van der Waals surface area contributed by atoms with Crippen molar-refractivity contribution in [2.75, 3.05) is 7.05 Å². The van der Waals surface area contributed by atoms with E-state index in [1.807, 2.05) is 16.7 Å². The van der Waals surface area contributed by atoms with E-state index in [1.54, 1.807) is 25.4 Å². The van der Waals surface area contributed by atoms with Crippen molar-refractivity contribution in [3.63, 3.8) is 0 Å². The Kier molecular flexibility index (Phi) is 5.51. The van der Waals surface area contributed by atoms with Gasteiger partial charge in [0.2, 0.25) is 0 Å². The molecule has 0 amide bonds. The predicted octanol–water partition coefficient (Wildman–Crippen LogP) is 2.31. The Balaban J connectivity index is 2.32. The van der Waals surface area contributed by atoms with E-state index < -0.39 is 5.97 Å². The van der Waals surface area contributed by atoms with Crippen molar-refractivity contribution in [3.8, 4) is 0 Å². The number of benzene rings is 1. The van der Waals surface area contributed by atoms with E-state index in [2.05, 4.69) is 16.9 Å². The van der Waals surface area contributed by atoms with Gasteiger partial charge in [-0.3, -0.25) is 4.99 Å². The number of unbranched alkanes of at least 4 members (excludes halogenated alkanes) is 1. The van der Waals surface area contributed by atoms with Gasteiger partial charge in [-0.15, -0.1) is 0 Å². The Morgan fingerprint density at radius 3 is 2.61 bits per heavy atom. The first-order chi connectivity index (χ1) is 11.1. The molecule has 122 valence electrons. The molecule has 2 rings (SSSR count). The van der Waals surface area contributed by atoms with E-state index in [-0.39, 0.29) is 5.56 Å². The third-order valence-corrected chi connectivity index (χ3v) is 3.74. The second-order valence-corrected chi connectivity index (χ2v) is 5.36. The molecule has 0 aliphatic heterocycles. The molecule has 0 spiro atoms. The molecular formula is C17H22N4O2. The smallest absolute Gasteiger partial charge is 0.335 e. The van der Waals surface area contributed by atoms with Crippen molar-refractivity contribution in [3.05, 3.63) is 53.1 Å². The molecule has 0 fully saturated rings. The van der Waals surface area contributed by atoms with Gasteiger partial charge >= 0.3 is 5.97 Å². The van der Waals surface area contributed by atoms with Crippen molar-refractivity contribution in [1.29, 1.82) is 0 Å². The number of nitrogens with zero attached hydrogens (tertiary/aromatic N) is 3. The molecule has 0 unspecified atom stereocenters. The summed E-state index contributed by atoms with van der Waals surface area (Å²) in [7, 11) is 1.65. The number of aliphatic imine (C=N–C) groups is 1. The van der Waals surface area contributed by atoms with Crippen LogP contribution in [0, 0.1) is 0 Å². The number of nitrogens with two attached hydrogens (primary N) is 1. The summed E-state index contributed by atoms with van der Waals surface area (Å²) in [4.78, 5) is 19.5. The maximum Gasteiger partial charge on any atom is 0.335 e. The quantitative estimate of drug-likeness (QED) is 0.606. The van der Waals surface area contributed by atoms with Crippen molar-refractivity contribution in [1.82, 2.24) is 9.55 Å². The maximum absolute atomic E-state index is 10.9. The van der Waals surface area contributed by atoms with Crippen molar-refractivity contribution in [2.24, 2.45) is 10.7 Å². The number of aryl methyl sites for hydroxylation is 1. The molecule has 0 aliphatic rings. The molecule has 1 aromatic heterocycles. The first-order valence-electron chi connectivity index (χ1n) is 7.66. The molecule has 6 heteroatoms. The maximum atomic E-state index is 10.9. The van der Waals surface area contributed by atoms with E-state index in [0.717, 1.165) is 36.3 Å². The van der Waals surface area contributed by atoms with E-state index in [1.165, 1.54) is 0 Å². The SMILES string of the molecule is CCCCc1ncc(C(N)=NC)n1Cc1ccc(C(=O)O)cc1. The largest absolute Gasteiger partial charge is 0.478 e. The number of rotatable bonds is 7. The van der Waals surface area contributed by atoms with Crippen molar-refractivity contribution in [2.45, 2.75) is 32.7 Å². The van der Waals surface area contributed by atoms with E-state index in [0.29, 0.717) is 12.4 Å². The summed E-state index contributed by atoms with van der Waals surface area (Å²) in [5.74, 6) is 0.490. The molecular weight excluding hydrogens is 292 g/mol. The number of aromatic nitrogens is 2. The van der Waals surface area contributed by atoms with Gasteiger partial charge in [0.25, 0.3) is 0 Å². The summed E-state index contributed by atoms with van der Waals surface area (Å²) in [6, 6.07) is 6.85. The van der Waals surface area contributed by atoms with Gasteiger partial charge in [0, 0.05) is 20.0 Å². The van der Waals surface area contributed by atoms with Crippen LogP contribution in [0.4, 0.5) is 0 Å². The highest BCUT2D eigenvalue weighted by molar-refractivity contribution is 5.95. The van der Waals surface area contributed by atoms with Crippen LogP contribution in [0.2, 0.25) is 0 Å². The molecule has 0 saturated heterocycles. The number of hydrogen-bond acceptors (Lipinski definition) is 3. The van der Waals surface area contributed by atoms with Gasteiger partial charge in [0.15, 0.2) is 0 Å². The van der Waals surface area contributed by atoms with Crippen LogP contribution in [-0.2, 0) is 13.0 Å². The monoisotopic (exact) mass is 314 g/mol. The van der Waals surface area contributed by atoms with E-state index in [4.69, 9.17) is 10.8 Å². The molecule has 0 atom stereocenters. The van der Waals surface area contributed by atoms with Crippen molar-refractivity contribution >= 4 is 11.8 Å². The number of imidazole rings is 1. The molecule has 2 aromatic rings. The minimum absolute atomic E-state index is 0.278. The summed E-state index contributed by atoms with van der Waals surface area (Å²) in [5, 5.41) is 8.97. The molecule has 1 heterocycles. The normalized spacial score (nSPS) is 11.7. The third kappa shape index (κ3) is 3.97. The number of amidine groups is 1. The standard InChI is InChI=1S/C17H22N4O2/c1-3-4-5-15-20-10-14(16(18)19-2)21(15)11-12-6-8-13(9-7-12)17(22)23/h6-10H,3-5,11H2,1-2H3,(H2,18,19)(H,22,23). The van der Waals surface area contributed by atoms with Crippen LogP contribution in [-0.4, -0.2) is 33.5 Å². The summed E-state index contributed by atoms with van der Waals surface area (Å²) < 4.78 is 2.05. The average Bonchev–Trinajstić information content (AvgIpc) is 2.95. The molecule has 23 heavy (non-hydrogen) atoms. The Morgan fingerprint density at radius 1 is 1.35 bits per heavy atom. The van der Waals surface area contributed by atoms with Gasteiger partial charge in [-0.2, -0.15) is 0 Å². The Bertz CT molecular complexity index is 702. The first kappa shape index (κ1) is 16.7. The van der Waals surface area contributed by atoms with E-state index >= 15 is 0 Å². The molecule has 0 bridgehead atoms. The molecule has 3 N–H and O–H groups in total. The lowest BCUT2D eigenvalue weighted by atomic mass is 10.1. The topological polar surface area (TPSA) is 93.5 Å². The molecule has 1 aromatic carbocycles. The fourth-order valence-corrected chi connectivity index (χ4v) is 2.38. The molecule has 0 radical (unpaired) electrons. The number of hydrogen-bond donors (Lipinski definition) is 2. The molecule has 6 nitrogen and oxygen atoms in total. The van der Waals surface area contributed by atoms with Gasteiger partial charge in [0.1, 0.15) is 17.4 Å². The predicted molar refractivity (Wildman–Crippen MR) is 90.0 cm³/mol. The van der Waals surface area contributed by atoms with Gasteiger partial charge in [0.05, 0.1) is 11.8 Å². The minimum atomic E-state index is -0.925. The highest BCUT2D eigenvalue weighted by Gasteiger charge is 2.13. The van der Waals surface area contributed by atoms with Gasteiger partial charge in [-0.25, -0.2) is 9.78 Å². The number of aromatic carboxylic acids is 1. The van der Waals surface area contributed by atoms with Crippen LogP contribution in [0.15, 0.2) is 35.5 Å². The first-order valence-corrected chi connectivity index (χ1v) is 7.66. The Morgan fingerprint density at radius 2 is 2.04 bits per heavy atom. The number of carbonyl (C=O) groups is 1. The lowest BCUT2D eigenvalue weighted by Gasteiger charge is -2.12. The average molecular weight is 314 g/mol. The van der Waals surface area contributed by atoms with Gasteiger partial charge < -0.3 is 15.4 Å². The van der Waals surface area contributed by atoms with Crippen LogP contribution in [0.25, 0.3) is 0 Å². The second-order valence-electron chi connectivity index (χ2n) is 5.36. The minimum Gasteiger partial charge on any atom is -0.478 e. The van der Waals surface area contributed by atoms with Crippen LogP contribution >= 0.6 is 0 Å². The summed E-state index contributed by atoms with van der Waals surface area (Å²) in [5.41, 5.74) is 8.03. The zero-order valence-electron chi connectivity index (χ0n) is 13.5. The lowest BCUT2D eigenvalue weighted by molar-refractivity contribution is 0.0697. The van der Waals surface area contributed by atoms with Crippen LogP contribution in [0.3, 0.4) is 0 Å². The summed E-state index contributed by atoms with van der Waals surface area (Å²) in [6.07, 6.45) is 4.77. The van der Waals surface area contributed by atoms with E-state index in [9.17, 15) is 4.79 Å². The van der Waals surface area contributed by atoms with Crippen LogP contribution in [0.5, 0.6) is 0 Å². The highest BCUT2D eigenvalue weighted by Crippen LogP contribution is 2.13. The van der Waals surface area contributed by atoms with Gasteiger partial charge in [-0.05, 0) is 24.1 Å². The third-order valence-electron chi connectivity index (χ3n) is 3.74. The molecule has 0 aliphatic carbocycles. The summed E-state index contributed by atoms with van der Waals surface area (Å²) in [6.45, 7) is 2.73. The number of carboxylic acid groups (broad SMARTS) is 1. The van der Waals surface area contributed by atoms with Crippen LogP contribution in [0.1, 0.15) is 47.2 Å². The second kappa shape index (κ2) is 7.58. The summed E-state index contributed by atoms with van der Waals surface area (Å²) >= 11 is 0. The van der Waals surface area contributed by atoms with Gasteiger partial charge in [-0.1, -0.05) is 25.5 Å². The Labute approximate surface area is 135 Å². The fraction of sp³-hybridized carbons (Fsp3) is 0.353. The lowest BCUT2D eigenvalue weighted by Crippen LogP contribution is -2.20. The Hall–Kier alpha value is -2.63. The highest BCUT2D eigenvalue weighted by atomic mass is 16.4. The van der Waals surface area contributed by atoms with Crippen LogP contribution < -0.4 is 5.73 Å². The zero-order valence-corrected chi connectivity index (χ0v) is 13.5. The number of carboxylic acids is 1. The van der Waals surface area contributed by atoms with Crippen molar-refractivity contribution < 1.29 is 9.90 Å². The zero-order chi connectivity index (χ0) is 16.8.